The quantitative estimate of drug-likeness (QED) is 0.736. The fourth-order valence-corrected chi connectivity index (χ4v) is 0.774. The van der Waals surface area contributed by atoms with Crippen LogP contribution in [0.5, 0.6) is 5.75 Å². The summed E-state index contributed by atoms with van der Waals surface area (Å²) in [4.78, 5) is 12.7. The Morgan fingerprint density at radius 3 is 2.67 bits per heavy atom. The molecule has 0 saturated heterocycles. The van der Waals surface area contributed by atoms with Crippen LogP contribution in [0.25, 0.3) is 0 Å². The van der Waals surface area contributed by atoms with Crippen molar-refractivity contribution in [1.29, 1.82) is 0 Å². The highest BCUT2D eigenvalue weighted by Gasteiger charge is 2.09. The number of nitrogens with one attached hydrogen (secondary N) is 1. The molecule has 0 aromatic carbocycles. The van der Waals surface area contributed by atoms with Gasteiger partial charge in [0.2, 0.25) is 0 Å². The van der Waals surface area contributed by atoms with E-state index in [9.17, 15) is 13.6 Å². The van der Waals surface area contributed by atoms with Crippen molar-refractivity contribution in [3.05, 3.63) is 28.2 Å². The first-order valence-electron chi connectivity index (χ1n) is 3.20. The lowest BCUT2D eigenvalue weighted by atomic mass is 10.3. The van der Waals surface area contributed by atoms with Crippen LogP contribution in [0, 0.1) is 0 Å². The minimum Gasteiger partial charge on any atom is -0.496 e. The van der Waals surface area contributed by atoms with Crippen LogP contribution in [0.2, 0.25) is 0 Å². The molecule has 0 radical (unpaired) electrons. The largest absolute Gasteiger partial charge is 0.496 e. The third-order valence-electron chi connectivity index (χ3n) is 1.31. The summed E-state index contributed by atoms with van der Waals surface area (Å²) in [5.74, 6) is 0.133. The maximum absolute atomic E-state index is 12.0. The number of methoxy groups -OCH3 is 1. The van der Waals surface area contributed by atoms with Gasteiger partial charge in [-0.2, -0.15) is 0 Å². The molecule has 0 aliphatic carbocycles. The van der Waals surface area contributed by atoms with Crippen LogP contribution < -0.4 is 10.3 Å². The Morgan fingerprint density at radius 2 is 2.17 bits per heavy atom. The van der Waals surface area contributed by atoms with Crippen molar-refractivity contribution < 1.29 is 13.5 Å². The summed E-state index contributed by atoms with van der Waals surface area (Å²) in [6.45, 7) is 0. The van der Waals surface area contributed by atoms with Gasteiger partial charge in [-0.15, -0.1) is 0 Å². The smallest absolute Gasteiger partial charge is 0.278 e. The molecule has 0 aliphatic heterocycles. The lowest BCUT2D eigenvalue weighted by molar-refractivity contribution is 0.145. The summed E-state index contributed by atoms with van der Waals surface area (Å²) in [5.41, 5.74) is -1.02. The predicted octanol–water partition coefficient (Wildman–Crippen LogP) is 1.32. The van der Waals surface area contributed by atoms with Crippen molar-refractivity contribution in [2.75, 3.05) is 7.11 Å². The predicted molar refractivity (Wildman–Crippen MR) is 38.6 cm³/mol. The molecule has 0 fully saturated rings. The van der Waals surface area contributed by atoms with Crippen molar-refractivity contribution >= 4 is 0 Å². The Morgan fingerprint density at radius 1 is 1.50 bits per heavy atom. The molecule has 0 atom stereocenters. The number of ether oxygens (including phenoxy) is 1. The van der Waals surface area contributed by atoms with E-state index in [4.69, 9.17) is 0 Å². The van der Waals surface area contributed by atoms with Gasteiger partial charge in [0.1, 0.15) is 5.75 Å². The monoisotopic (exact) mass is 175 g/mol. The number of H-pyrrole nitrogens is 1. The number of pyridine rings is 1. The van der Waals surface area contributed by atoms with E-state index in [1.165, 1.54) is 7.11 Å². The van der Waals surface area contributed by atoms with Crippen molar-refractivity contribution in [2.45, 2.75) is 6.43 Å². The van der Waals surface area contributed by atoms with Gasteiger partial charge in [-0.25, -0.2) is 8.78 Å². The molecule has 5 heteroatoms. The number of rotatable bonds is 2. The van der Waals surface area contributed by atoms with Gasteiger partial charge in [0.15, 0.2) is 0 Å². The maximum Gasteiger partial charge on any atom is 0.278 e. The standard InChI is InChI=1S/C7H7F2NO2/c1-12-4-2-5(7(8)9)10-6(11)3-4/h2-3,7H,1H3,(H,10,11). The SMILES string of the molecule is COc1cc(C(F)F)[nH]c(=O)c1. The van der Waals surface area contributed by atoms with Crippen LogP contribution in [-0.2, 0) is 0 Å². The van der Waals surface area contributed by atoms with Gasteiger partial charge in [-0.05, 0) is 0 Å². The molecule has 1 aromatic heterocycles. The molecular formula is C7H7F2NO2. The van der Waals surface area contributed by atoms with Gasteiger partial charge in [0.25, 0.3) is 12.0 Å². The summed E-state index contributed by atoms with van der Waals surface area (Å²) in [7, 11) is 1.31. The first kappa shape index (κ1) is 8.70. The molecule has 0 saturated carbocycles. The molecule has 1 N–H and O–H groups in total. The summed E-state index contributed by atoms with van der Waals surface area (Å²) in [6.07, 6.45) is -2.69. The second-order valence-corrected chi connectivity index (χ2v) is 2.14. The average molecular weight is 175 g/mol. The Kier molecular flexibility index (Phi) is 2.42. The van der Waals surface area contributed by atoms with Gasteiger partial charge in [-0.3, -0.25) is 4.79 Å². The van der Waals surface area contributed by atoms with Crippen molar-refractivity contribution in [2.24, 2.45) is 0 Å². The number of aromatic nitrogens is 1. The molecule has 0 bridgehead atoms. The van der Waals surface area contributed by atoms with Crippen LogP contribution in [0.3, 0.4) is 0 Å². The number of hydrogen-bond acceptors (Lipinski definition) is 2. The highest BCUT2D eigenvalue weighted by atomic mass is 19.3. The Hall–Kier alpha value is -1.39. The highest BCUT2D eigenvalue weighted by molar-refractivity contribution is 5.22. The van der Waals surface area contributed by atoms with Crippen LogP contribution in [0.15, 0.2) is 16.9 Å². The molecular weight excluding hydrogens is 168 g/mol. The molecule has 1 rings (SSSR count). The van der Waals surface area contributed by atoms with E-state index in [-0.39, 0.29) is 5.75 Å². The van der Waals surface area contributed by atoms with Crippen molar-refractivity contribution in [3.8, 4) is 5.75 Å². The van der Waals surface area contributed by atoms with Gasteiger partial charge in [0, 0.05) is 12.1 Å². The lowest BCUT2D eigenvalue weighted by Gasteiger charge is -2.01. The van der Waals surface area contributed by atoms with E-state index >= 15 is 0 Å². The minimum atomic E-state index is -2.69. The van der Waals surface area contributed by atoms with E-state index in [1.54, 1.807) is 0 Å². The van der Waals surface area contributed by atoms with E-state index in [1.807, 2.05) is 4.98 Å². The molecule has 1 heterocycles. The van der Waals surface area contributed by atoms with Gasteiger partial charge >= 0.3 is 0 Å². The van der Waals surface area contributed by atoms with Gasteiger partial charge < -0.3 is 9.72 Å². The Labute approximate surface area is 67.0 Å². The number of hydrogen-bond donors (Lipinski definition) is 1. The van der Waals surface area contributed by atoms with Crippen LogP contribution in [0.4, 0.5) is 8.78 Å². The number of halogens is 2. The third-order valence-corrected chi connectivity index (χ3v) is 1.31. The first-order chi connectivity index (χ1) is 5.63. The topological polar surface area (TPSA) is 42.1 Å². The second kappa shape index (κ2) is 3.34. The fourth-order valence-electron chi connectivity index (χ4n) is 0.774. The van der Waals surface area contributed by atoms with Crippen LogP contribution >= 0.6 is 0 Å². The third kappa shape index (κ3) is 1.81. The molecule has 1 aromatic rings. The molecule has 0 unspecified atom stereocenters. The minimum absolute atomic E-state index is 0.133. The molecule has 0 aliphatic rings. The normalized spacial score (nSPS) is 10.3. The van der Waals surface area contributed by atoms with E-state index < -0.39 is 17.7 Å². The highest BCUT2D eigenvalue weighted by Crippen LogP contribution is 2.18. The summed E-state index contributed by atoms with van der Waals surface area (Å²) in [5, 5.41) is 0. The van der Waals surface area contributed by atoms with E-state index in [2.05, 4.69) is 4.74 Å². The molecule has 0 spiro atoms. The average Bonchev–Trinajstić information content (AvgIpc) is 2.03. The maximum atomic E-state index is 12.0. The number of alkyl halides is 2. The van der Waals surface area contributed by atoms with Crippen molar-refractivity contribution in [1.82, 2.24) is 4.98 Å². The summed E-state index contributed by atoms with van der Waals surface area (Å²) < 4.78 is 28.7. The van der Waals surface area contributed by atoms with Crippen LogP contribution in [0.1, 0.15) is 12.1 Å². The molecule has 12 heavy (non-hydrogen) atoms. The first-order valence-corrected chi connectivity index (χ1v) is 3.20. The zero-order valence-electron chi connectivity index (χ0n) is 6.30. The molecule has 0 amide bonds. The second-order valence-electron chi connectivity index (χ2n) is 2.14. The van der Waals surface area contributed by atoms with Crippen LogP contribution in [-0.4, -0.2) is 12.1 Å². The Balaban J connectivity index is 3.15. The zero-order chi connectivity index (χ0) is 9.14. The zero-order valence-corrected chi connectivity index (χ0v) is 6.30. The molecule has 66 valence electrons. The summed E-state index contributed by atoms with van der Waals surface area (Å²) in [6, 6.07) is 2.19. The summed E-state index contributed by atoms with van der Waals surface area (Å²) >= 11 is 0. The van der Waals surface area contributed by atoms with Gasteiger partial charge in [0.05, 0.1) is 12.8 Å². The fraction of sp³-hybridized carbons (Fsp3) is 0.286. The number of aromatic amines is 1. The molecule has 3 nitrogen and oxygen atoms in total. The Bertz CT molecular complexity index is 321. The van der Waals surface area contributed by atoms with E-state index in [0.717, 1.165) is 12.1 Å². The van der Waals surface area contributed by atoms with E-state index in [0.29, 0.717) is 0 Å². The van der Waals surface area contributed by atoms with Crippen molar-refractivity contribution in [3.63, 3.8) is 0 Å². The lowest BCUT2D eigenvalue weighted by Crippen LogP contribution is -2.08. The van der Waals surface area contributed by atoms with Gasteiger partial charge in [-0.1, -0.05) is 0 Å².